The molecule has 0 spiro atoms. The number of amides is 2. The van der Waals surface area contributed by atoms with Crippen molar-refractivity contribution in [1.29, 1.82) is 0 Å². The van der Waals surface area contributed by atoms with Gasteiger partial charge in [-0.25, -0.2) is 0 Å². The number of ether oxygens (including phenoxy) is 2. The Bertz CT molecular complexity index is 1260. The predicted octanol–water partition coefficient (Wildman–Crippen LogP) is 6.65. The van der Waals surface area contributed by atoms with E-state index in [2.05, 4.69) is 17.2 Å². The third-order valence-corrected chi connectivity index (χ3v) is 5.79. The van der Waals surface area contributed by atoms with Gasteiger partial charge in [-0.05, 0) is 72.8 Å². The average molecular weight is 477 g/mol. The first kappa shape index (κ1) is 22.9. The lowest BCUT2D eigenvalue weighted by molar-refractivity contribution is -0.122. The van der Waals surface area contributed by atoms with Crippen molar-refractivity contribution in [1.82, 2.24) is 0 Å². The maximum Gasteiger partial charge on any atom is 0.232 e. The van der Waals surface area contributed by atoms with Crippen LogP contribution in [0.5, 0.6) is 23.0 Å². The van der Waals surface area contributed by atoms with Crippen molar-refractivity contribution in [3.8, 4) is 23.0 Å². The lowest BCUT2D eigenvalue weighted by Crippen LogP contribution is -2.20. The Morgan fingerprint density at radius 2 is 0.861 bits per heavy atom. The van der Waals surface area contributed by atoms with Crippen LogP contribution in [0, 0.1) is 11.8 Å². The van der Waals surface area contributed by atoms with Crippen molar-refractivity contribution in [3.05, 3.63) is 121 Å². The zero-order valence-electron chi connectivity index (χ0n) is 19.4. The fourth-order valence-electron chi connectivity index (χ4n) is 3.86. The van der Waals surface area contributed by atoms with Crippen LogP contribution in [0.3, 0.4) is 0 Å². The summed E-state index contributed by atoms with van der Waals surface area (Å²) < 4.78 is 11.5. The highest BCUT2D eigenvalue weighted by Crippen LogP contribution is 2.45. The third-order valence-electron chi connectivity index (χ3n) is 5.79. The largest absolute Gasteiger partial charge is 0.457 e. The van der Waals surface area contributed by atoms with Crippen LogP contribution in [0.4, 0.5) is 11.4 Å². The zero-order valence-corrected chi connectivity index (χ0v) is 19.4. The molecule has 178 valence electrons. The molecule has 2 N–H and O–H groups in total. The van der Waals surface area contributed by atoms with Gasteiger partial charge in [-0.15, -0.1) is 0 Å². The summed E-state index contributed by atoms with van der Waals surface area (Å²) in [6.45, 7) is 3.92. The first-order valence-corrected chi connectivity index (χ1v) is 11.5. The number of rotatable bonds is 8. The van der Waals surface area contributed by atoms with Gasteiger partial charge in [-0.3, -0.25) is 9.59 Å². The molecule has 0 bridgehead atoms. The van der Waals surface area contributed by atoms with E-state index in [1.165, 1.54) is 0 Å². The predicted molar refractivity (Wildman–Crippen MR) is 139 cm³/mol. The minimum atomic E-state index is -0.564. The molecule has 0 saturated heterocycles. The number of nitrogens with one attached hydrogen (secondary N) is 2. The van der Waals surface area contributed by atoms with Gasteiger partial charge in [-0.2, -0.15) is 0 Å². The summed E-state index contributed by atoms with van der Waals surface area (Å²) in [7, 11) is 0. The van der Waals surface area contributed by atoms with Crippen LogP contribution in [0.15, 0.2) is 121 Å². The van der Waals surface area contributed by atoms with Gasteiger partial charge in [0.1, 0.15) is 23.0 Å². The second kappa shape index (κ2) is 10.2. The lowest BCUT2D eigenvalue weighted by atomic mass is 10.2. The number of anilines is 2. The molecule has 4 aromatic rings. The monoisotopic (exact) mass is 476 g/mol. The van der Waals surface area contributed by atoms with Gasteiger partial charge in [-0.1, -0.05) is 48.6 Å². The number of hydrogen-bond donors (Lipinski definition) is 2. The fourth-order valence-corrected chi connectivity index (χ4v) is 3.86. The molecular formula is C30H24N2O4. The summed E-state index contributed by atoms with van der Waals surface area (Å²) >= 11 is 0. The Hall–Kier alpha value is -4.84. The first-order chi connectivity index (χ1) is 17.6. The molecule has 1 aliphatic carbocycles. The van der Waals surface area contributed by atoms with Crippen LogP contribution in [-0.4, -0.2) is 11.8 Å². The third kappa shape index (κ3) is 5.45. The summed E-state index contributed by atoms with van der Waals surface area (Å²) in [5.41, 5.74) is 1.83. The molecule has 4 aromatic carbocycles. The van der Waals surface area contributed by atoms with E-state index in [9.17, 15) is 9.59 Å². The van der Waals surface area contributed by atoms with Gasteiger partial charge in [0.25, 0.3) is 0 Å². The normalized spacial score (nSPS) is 16.1. The minimum absolute atomic E-state index is 0.261. The summed E-state index contributed by atoms with van der Waals surface area (Å²) in [6, 6.07) is 33.0. The maximum atomic E-state index is 12.7. The molecule has 5 rings (SSSR count). The van der Waals surface area contributed by atoms with Crippen LogP contribution < -0.4 is 20.1 Å². The van der Waals surface area contributed by atoms with E-state index < -0.39 is 11.8 Å². The fraction of sp³-hybridized carbons (Fsp3) is 0.0667. The van der Waals surface area contributed by atoms with Crippen molar-refractivity contribution in [2.24, 2.45) is 11.8 Å². The lowest BCUT2D eigenvalue weighted by Gasteiger charge is -2.09. The Morgan fingerprint density at radius 1 is 0.528 bits per heavy atom. The second-order valence-electron chi connectivity index (χ2n) is 8.39. The molecule has 2 atom stereocenters. The zero-order chi connectivity index (χ0) is 24.9. The van der Waals surface area contributed by atoms with Gasteiger partial charge >= 0.3 is 0 Å². The molecular weight excluding hydrogens is 452 g/mol. The number of carbonyl (C=O) groups excluding carboxylic acids is 2. The number of para-hydroxylation sites is 2. The van der Waals surface area contributed by atoms with E-state index in [4.69, 9.17) is 9.47 Å². The van der Waals surface area contributed by atoms with Gasteiger partial charge in [0.15, 0.2) is 0 Å². The highest BCUT2D eigenvalue weighted by Gasteiger charge is 2.52. The summed E-state index contributed by atoms with van der Waals surface area (Å²) in [4.78, 5) is 25.5. The van der Waals surface area contributed by atoms with Crippen LogP contribution >= 0.6 is 0 Å². The van der Waals surface area contributed by atoms with Gasteiger partial charge in [0.05, 0.1) is 11.8 Å². The molecule has 0 radical (unpaired) electrons. The van der Waals surface area contributed by atoms with Crippen LogP contribution in [0.2, 0.25) is 0 Å². The molecule has 6 nitrogen and oxygen atoms in total. The second-order valence-corrected chi connectivity index (χ2v) is 8.39. The van der Waals surface area contributed by atoms with Crippen LogP contribution in [0.1, 0.15) is 0 Å². The molecule has 1 fully saturated rings. The van der Waals surface area contributed by atoms with Gasteiger partial charge in [0, 0.05) is 11.4 Å². The topological polar surface area (TPSA) is 76.7 Å². The van der Waals surface area contributed by atoms with Crippen molar-refractivity contribution in [2.75, 3.05) is 10.6 Å². The van der Waals surface area contributed by atoms with Crippen molar-refractivity contribution >= 4 is 23.2 Å². The van der Waals surface area contributed by atoms with Gasteiger partial charge < -0.3 is 20.1 Å². The number of carbonyl (C=O) groups is 2. The first-order valence-electron chi connectivity index (χ1n) is 11.5. The molecule has 1 saturated carbocycles. The molecule has 6 heteroatoms. The minimum Gasteiger partial charge on any atom is -0.457 e. The van der Waals surface area contributed by atoms with E-state index in [1.807, 2.05) is 60.7 Å². The molecule has 1 aliphatic rings. The molecule has 0 unspecified atom stereocenters. The highest BCUT2D eigenvalue weighted by atomic mass is 16.5. The number of benzene rings is 4. The van der Waals surface area contributed by atoms with Crippen molar-refractivity contribution in [3.63, 3.8) is 0 Å². The van der Waals surface area contributed by atoms with E-state index >= 15 is 0 Å². The van der Waals surface area contributed by atoms with Crippen LogP contribution in [-0.2, 0) is 9.59 Å². The quantitative estimate of drug-likeness (QED) is 0.279. The Kier molecular flexibility index (Phi) is 6.49. The standard InChI is InChI=1S/C30H24N2O4/c1-20-27(29(33)31-21-12-16-25(17-13-21)35-23-8-4-2-5-9-23)28(20)30(34)32-22-14-18-26(19-15-22)36-24-10-6-3-7-11-24/h2-19,27-28H,1H2,(H,31,33)(H,32,34)/t27-,28-/m0/s1. The SMILES string of the molecule is C=C1[C@H](C(=O)Nc2ccc(Oc3ccccc3)cc2)[C@H]1C(=O)Nc1ccc(Oc2ccccc2)cc1. The maximum absolute atomic E-state index is 12.7. The van der Waals surface area contributed by atoms with Crippen LogP contribution in [0.25, 0.3) is 0 Å². The smallest absolute Gasteiger partial charge is 0.232 e. The molecule has 0 heterocycles. The Labute approximate surface area is 209 Å². The molecule has 2 amide bonds. The number of hydrogen-bond acceptors (Lipinski definition) is 4. The molecule has 36 heavy (non-hydrogen) atoms. The molecule has 0 aliphatic heterocycles. The Morgan fingerprint density at radius 3 is 1.22 bits per heavy atom. The van der Waals surface area contributed by atoms with E-state index in [1.54, 1.807) is 48.5 Å². The summed E-state index contributed by atoms with van der Waals surface area (Å²) in [6.07, 6.45) is 0. The average Bonchev–Trinajstić information content (AvgIpc) is 3.59. The van der Waals surface area contributed by atoms with E-state index in [0.29, 0.717) is 28.4 Å². The van der Waals surface area contributed by atoms with E-state index in [-0.39, 0.29) is 11.8 Å². The van der Waals surface area contributed by atoms with Crippen molar-refractivity contribution in [2.45, 2.75) is 0 Å². The summed E-state index contributed by atoms with van der Waals surface area (Å²) in [5.74, 6) is 1.13. The van der Waals surface area contributed by atoms with Gasteiger partial charge in [0.2, 0.25) is 11.8 Å². The summed E-state index contributed by atoms with van der Waals surface area (Å²) in [5, 5.41) is 5.71. The van der Waals surface area contributed by atoms with E-state index in [0.717, 1.165) is 11.5 Å². The van der Waals surface area contributed by atoms with Crippen molar-refractivity contribution < 1.29 is 19.1 Å². The highest BCUT2D eigenvalue weighted by molar-refractivity contribution is 6.08. The molecule has 0 aromatic heterocycles. The Balaban J connectivity index is 1.13.